The second-order valence-corrected chi connectivity index (χ2v) is 7.54. The summed E-state index contributed by atoms with van der Waals surface area (Å²) in [7, 11) is 1.31. The number of methoxy groups -OCH3 is 1. The summed E-state index contributed by atoms with van der Waals surface area (Å²) in [5, 5.41) is 3.53. The van der Waals surface area contributed by atoms with E-state index >= 15 is 0 Å². The average Bonchev–Trinajstić information content (AvgIpc) is 3.36. The third kappa shape index (κ3) is 3.78. The number of fused-ring (bicyclic) bond motifs is 2. The van der Waals surface area contributed by atoms with Crippen LogP contribution in [0.2, 0.25) is 0 Å². The Labute approximate surface area is 181 Å². The van der Waals surface area contributed by atoms with Gasteiger partial charge in [0, 0.05) is 30.0 Å². The lowest BCUT2D eigenvalue weighted by Gasteiger charge is -2.18. The summed E-state index contributed by atoms with van der Waals surface area (Å²) in [4.78, 5) is 33.9. The predicted molar refractivity (Wildman–Crippen MR) is 107 cm³/mol. The lowest BCUT2D eigenvalue weighted by atomic mass is 10.1. The molecule has 0 N–H and O–H groups in total. The van der Waals surface area contributed by atoms with Crippen molar-refractivity contribution in [1.82, 2.24) is 19.6 Å². The number of amides is 1. The molecule has 32 heavy (non-hydrogen) atoms. The number of anilines is 1. The van der Waals surface area contributed by atoms with Crippen LogP contribution in [0.25, 0.3) is 5.78 Å². The van der Waals surface area contributed by atoms with Gasteiger partial charge in [0.15, 0.2) is 0 Å². The Kier molecular flexibility index (Phi) is 5.35. The molecule has 11 heteroatoms. The number of rotatable bonds is 4. The van der Waals surface area contributed by atoms with Crippen molar-refractivity contribution in [3.8, 4) is 0 Å². The van der Waals surface area contributed by atoms with Gasteiger partial charge >= 0.3 is 12.1 Å². The topological polar surface area (TPSA) is 89.7 Å². The fourth-order valence-corrected chi connectivity index (χ4v) is 3.96. The van der Waals surface area contributed by atoms with Crippen molar-refractivity contribution >= 4 is 23.3 Å². The third-order valence-corrected chi connectivity index (χ3v) is 5.59. The van der Waals surface area contributed by atoms with Crippen molar-refractivity contribution in [3.63, 3.8) is 0 Å². The van der Waals surface area contributed by atoms with Crippen molar-refractivity contribution in [3.05, 3.63) is 52.1 Å². The first kappa shape index (κ1) is 21.7. The molecule has 2 aromatic heterocycles. The highest BCUT2D eigenvalue weighted by atomic mass is 19.4. The van der Waals surface area contributed by atoms with E-state index in [9.17, 15) is 22.8 Å². The van der Waals surface area contributed by atoms with Crippen LogP contribution in [-0.4, -0.2) is 45.1 Å². The first-order valence-corrected chi connectivity index (χ1v) is 9.91. The molecule has 1 amide bonds. The molecule has 0 bridgehead atoms. The summed E-state index contributed by atoms with van der Waals surface area (Å²) in [6.45, 7) is 3.80. The van der Waals surface area contributed by atoms with E-state index < -0.39 is 18.0 Å². The zero-order valence-electron chi connectivity index (χ0n) is 17.7. The molecule has 168 valence electrons. The molecule has 1 aliphatic rings. The Bertz CT molecular complexity index is 1240. The maximum absolute atomic E-state index is 13.0. The molecule has 0 spiro atoms. The molecule has 0 unspecified atom stereocenters. The number of esters is 1. The standard InChI is InChI=1S/C21H20F3N5O3/c1-11-15(12(2)29-20(25-11)26-19(27-29)21(22,23)24)5-7-17(30)28-9-8-13-10-14(18(31)32-3)4-6-16(13)28/h4,6,10H,5,7-9H2,1-3H3. The van der Waals surface area contributed by atoms with Gasteiger partial charge in [-0.15, -0.1) is 5.10 Å². The summed E-state index contributed by atoms with van der Waals surface area (Å²) in [6, 6.07) is 5.07. The summed E-state index contributed by atoms with van der Waals surface area (Å²) in [5.74, 6) is -1.94. The quantitative estimate of drug-likeness (QED) is 0.571. The number of carbonyl (C=O) groups excluding carboxylic acids is 2. The smallest absolute Gasteiger partial charge is 0.453 e. The first-order valence-electron chi connectivity index (χ1n) is 9.91. The number of ether oxygens (including phenoxy) is 1. The minimum atomic E-state index is -4.67. The summed E-state index contributed by atoms with van der Waals surface area (Å²) >= 11 is 0. The van der Waals surface area contributed by atoms with E-state index in [1.807, 2.05) is 0 Å². The molecular formula is C21H20F3N5O3. The summed E-state index contributed by atoms with van der Waals surface area (Å²) in [5.41, 5.74) is 3.69. The molecule has 1 aliphatic heterocycles. The number of aromatic nitrogens is 4. The highest BCUT2D eigenvalue weighted by molar-refractivity contribution is 5.97. The van der Waals surface area contributed by atoms with Crippen LogP contribution in [-0.2, 0) is 28.5 Å². The largest absolute Gasteiger partial charge is 0.465 e. The highest BCUT2D eigenvalue weighted by Crippen LogP contribution is 2.30. The Balaban J connectivity index is 1.53. The summed E-state index contributed by atoms with van der Waals surface area (Å²) < 4.78 is 44.7. The van der Waals surface area contributed by atoms with E-state index in [4.69, 9.17) is 4.74 Å². The van der Waals surface area contributed by atoms with Crippen molar-refractivity contribution in [2.75, 3.05) is 18.6 Å². The molecule has 0 fully saturated rings. The van der Waals surface area contributed by atoms with E-state index in [0.717, 1.165) is 15.8 Å². The third-order valence-electron chi connectivity index (χ3n) is 5.59. The lowest BCUT2D eigenvalue weighted by molar-refractivity contribution is -0.144. The summed E-state index contributed by atoms with van der Waals surface area (Å²) in [6.07, 6.45) is -3.60. The van der Waals surface area contributed by atoms with E-state index in [2.05, 4.69) is 15.1 Å². The van der Waals surface area contributed by atoms with Gasteiger partial charge in [-0.2, -0.15) is 18.2 Å². The molecule has 0 aliphatic carbocycles. The van der Waals surface area contributed by atoms with E-state index in [-0.39, 0.29) is 18.1 Å². The van der Waals surface area contributed by atoms with Crippen molar-refractivity contribution < 1.29 is 27.5 Å². The van der Waals surface area contributed by atoms with Crippen molar-refractivity contribution in [2.45, 2.75) is 39.3 Å². The number of aryl methyl sites for hydroxylation is 2. The zero-order valence-corrected chi connectivity index (χ0v) is 17.7. The SMILES string of the molecule is COC(=O)c1ccc2c(c1)CCN2C(=O)CCc1c(C)nc2nc(C(F)(F)F)nn2c1C. The fraction of sp³-hybridized carbons (Fsp3) is 0.381. The van der Waals surface area contributed by atoms with E-state index in [1.54, 1.807) is 36.9 Å². The average molecular weight is 447 g/mol. The van der Waals surface area contributed by atoms with E-state index in [0.29, 0.717) is 41.9 Å². The van der Waals surface area contributed by atoms with Gasteiger partial charge in [-0.1, -0.05) is 0 Å². The molecule has 3 aromatic rings. The van der Waals surface area contributed by atoms with Crippen LogP contribution in [0.1, 0.15) is 45.1 Å². The van der Waals surface area contributed by atoms with Gasteiger partial charge in [0.05, 0.1) is 12.7 Å². The van der Waals surface area contributed by atoms with Gasteiger partial charge < -0.3 is 9.64 Å². The molecule has 0 saturated carbocycles. The lowest BCUT2D eigenvalue weighted by Crippen LogP contribution is -2.29. The van der Waals surface area contributed by atoms with Gasteiger partial charge in [0.25, 0.3) is 11.6 Å². The molecule has 3 heterocycles. The van der Waals surface area contributed by atoms with Crippen LogP contribution in [0.3, 0.4) is 0 Å². The second kappa shape index (κ2) is 7.88. The van der Waals surface area contributed by atoms with Crippen LogP contribution in [0.5, 0.6) is 0 Å². The van der Waals surface area contributed by atoms with Gasteiger partial charge in [-0.3, -0.25) is 4.79 Å². The second-order valence-electron chi connectivity index (χ2n) is 7.54. The molecule has 4 rings (SSSR count). The van der Waals surface area contributed by atoms with Gasteiger partial charge in [0.1, 0.15) is 0 Å². The molecule has 8 nitrogen and oxygen atoms in total. The number of hydrogen-bond donors (Lipinski definition) is 0. The van der Waals surface area contributed by atoms with Crippen molar-refractivity contribution in [1.29, 1.82) is 0 Å². The van der Waals surface area contributed by atoms with Crippen LogP contribution in [0.4, 0.5) is 18.9 Å². The highest BCUT2D eigenvalue weighted by Gasteiger charge is 2.37. The molecule has 0 saturated heterocycles. The van der Waals surface area contributed by atoms with Gasteiger partial charge in [-0.05, 0) is 56.0 Å². The minimum Gasteiger partial charge on any atom is -0.465 e. The molecule has 1 aromatic carbocycles. The van der Waals surface area contributed by atoms with Gasteiger partial charge in [0.2, 0.25) is 5.91 Å². The number of halogens is 3. The Hall–Kier alpha value is -3.50. The Morgan fingerprint density at radius 1 is 1.19 bits per heavy atom. The Morgan fingerprint density at radius 2 is 1.94 bits per heavy atom. The molecule has 0 atom stereocenters. The van der Waals surface area contributed by atoms with Crippen LogP contribution >= 0.6 is 0 Å². The number of alkyl halides is 3. The van der Waals surface area contributed by atoms with Crippen LogP contribution in [0, 0.1) is 13.8 Å². The van der Waals surface area contributed by atoms with Crippen molar-refractivity contribution in [2.24, 2.45) is 0 Å². The molecular weight excluding hydrogens is 427 g/mol. The maximum Gasteiger partial charge on any atom is 0.453 e. The normalized spacial score (nSPS) is 13.5. The maximum atomic E-state index is 13.0. The minimum absolute atomic E-state index is 0.122. The predicted octanol–water partition coefficient (Wildman–Crippen LogP) is 3.07. The monoisotopic (exact) mass is 447 g/mol. The number of hydrogen-bond acceptors (Lipinski definition) is 6. The fourth-order valence-electron chi connectivity index (χ4n) is 3.96. The van der Waals surface area contributed by atoms with Crippen LogP contribution < -0.4 is 4.90 Å². The Morgan fingerprint density at radius 3 is 2.62 bits per heavy atom. The van der Waals surface area contributed by atoms with Gasteiger partial charge in [-0.25, -0.2) is 14.3 Å². The zero-order chi connectivity index (χ0) is 23.2. The van der Waals surface area contributed by atoms with E-state index in [1.165, 1.54) is 7.11 Å². The number of nitrogens with zero attached hydrogens (tertiary/aromatic N) is 5. The van der Waals surface area contributed by atoms with Crippen LogP contribution in [0.15, 0.2) is 18.2 Å². The number of carbonyl (C=O) groups is 2. The molecule has 0 radical (unpaired) electrons. The number of benzene rings is 1. The first-order chi connectivity index (χ1) is 15.1.